The molecular formula is C31H28Cl2N4O4. The van der Waals surface area contributed by atoms with E-state index in [9.17, 15) is 19.5 Å². The van der Waals surface area contributed by atoms with Crippen LogP contribution in [-0.4, -0.2) is 31.1 Å². The number of aliphatic hydroxyl groups is 1. The average Bonchev–Trinajstić information content (AvgIpc) is 3.28. The summed E-state index contributed by atoms with van der Waals surface area (Å²) in [6.07, 6.45) is 2.02. The highest BCUT2D eigenvalue weighted by atomic mass is 35.5. The summed E-state index contributed by atoms with van der Waals surface area (Å²) in [4.78, 5) is 45.4. The van der Waals surface area contributed by atoms with Gasteiger partial charge in [0.15, 0.2) is 0 Å². The van der Waals surface area contributed by atoms with Crippen LogP contribution >= 0.6 is 23.2 Å². The van der Waals surface area contributed by atoms with Crippen LogP contribution in [0.1, 0.15) is 47.4 Å². The van der Waals surface area contributed by atoms with Crippen LogP contribution in [0.25, 0.3) is 38.6 Å². The van der Waals surface area contributed by atoms with Crippen LogP contribution in [0.3, 0.4) is 0 Å². The van der Waals surface area contributed by atoms with Gasteiger partial charge in [0.2, 0.25) is 0 Å². The second-order valence-electron chi connectivity index (χ2n) is 11.3. The standard InChI is InChI=1S/C31H28Cl2N4O4/c1-14-16(6-5-9-23(14)37-29(39)18-7-4-8-20(32)26(18)36-30(37)40)24-21(33)13-19(28(34)38)27-25(24)17-11-10-15(31(2,3)41)12-22(17)35-27/h4-9,13,15,35,41H,10-12H2,1-3H3,(H2,34,38)(H,36,40). The third kappa shape index (κ3) is 4.29. The summed E-state index contributed by atoms with van der Waals surface area (Å²) in [7, 11) is 0. The summed E-state index contributed by atoms with van der Waals surface area (Å²) in [5, 5.41) is 12.4. The number of hydrogen-bond donors (Lipinski definition) is 4. The van der Waals surface area contributed by atoms with Crippen molar-refractivity contribution in [3.63, 3.8) is 0 Å². The third-order valence-corrected chi connectivity index (χ3v) is 8.99. The number of aromatic amines is 2. The van der Waals surface area contributed by atoms with E-state index in [1.54, 1.807) is 36.4 Å². The zero-order chi connectivity index (χ0) is 29.4. The molecule has 5 N–H and O–H groups in total. The molecule has 3 aromatic carbocycles. The number of nitrogens with one attached hydrogen (secondary N) is 2. The lowest BCUT2D eigenvalue weighted by molar-refractivity contribution is 0.0107. The van der Waals surface area contributed by atoms with Crippen molar-refractivity contribution in [1.29, 1.82) is 0 Å². The Morgan fingerprint density at radius 2 is 1.80 bits per heavy atom. The monoisotopic (exact) mass is 590 g/mol. The van der Waals surface area contributed by atoms with E-state index in [2.05, 4.69) is 9.97 Å². The Hall–Kier alpha value is -3.85. The first kappa shape index (κ1) is 27.3. The number of para-hydroxylation sites is 1. The first-order valence-electron chi connectivity index (χ1n) is 13.3. The number of carbonyl (C=O) groups excluding carboxylic acids is 1. The Morgan fingerprint density at radius 3 is 2.51 bits per heavy atom. The van der Waals surface area contributed by atoms with Crippen molar-refractivity contribution in [3.05, 3.63) is 95.7 Å². The minimum absolute atomic E-state index is 0.0316. The van der Waals surface area contributed by atoms with Crippen molar-refractivity contribution in [2.24, 2.45) is 11.7 Å². The highest BCUT2D eigenvalue weighted by Crippen LogP contribution is 2.45. The van der Waals surface area contributed by atoms with Gasteiger partial charge in [0, 0.05) is 21.7 Å². The third-order valence-electron chi connectivity index (χ3n) is 8.38. The van der Waals surface area contributed by atoms with E-state index in [1.165, 1.54) is 0 Å². The number of benzene rings is 3. The zero-order valence-electron chi connectivity index (χ0n) is 22.7. The fourth-order valence-corrected chi connectivity index (χ4v) is 6.72. The van der Waals surface area contributed by atoms with Gasteiger partial charge in [-0.15, -0.1) is 0 Å². The van der Waals surface area contributed by atoms with Gasteiger partial charge in [0.25, 0.3) is 11.5 Å². The SMILES string of the molecule is Cc1c(-c2c(Cl)cc(C(N)=O)c3[nH]c4c(c23)CCC(C(C)(C)O)C4)cccc1-n1c(=O)[nH]c2c(Cl)cccc2c1=O. The summed E-state index contributed by atoms with van der Waals surface area (Å²) in [6.45, 7) is 5.44. The van der Waals surface area contributed by atoms with E-state index >= 15 is 0 Å². The predicted molar refractivity (Wildman–Crippen MR) is 163 cm³/mol. The van der Waals surface area contributed by atoms with E-state index in [-0.39, 0.29) is 27.4 Å². The van der Waals surface area contributed by atoms with Gasteiger partial charge in [-0.3, -0.25) is 9.59 Å². The number of halogens is 2. The van der Waals surface area contributed by atoms with Crippen molar-refractivity contribution >= 4 is 50.9 Å². The molecule has 2 heterocycles. The molecule has 1 aliphatic carbocycles. The fraction of sp³-hybridized carbons (Fsp3) is 0.258. The van der Waals surface area contributed by atoms with Gasteiger partial charge in [0.1, 0.15) is 0 Å². The van der Waals surface area contributed by atoms with Gasteiger partial charge in [-0.05, 0) is 86.9 Å². The number of primary amides is 1. The van der Waals surface area contributed by atoms with Crippen LogP contribution in [0.15, 0.2) is 52.1 Å². The number of rotatable bonds is 4. The van der Waals surface area contributed by atoms with E-state index in [0.29, 0.717) is 45.8 Å². The maximum absolute atomic E-state index is 13.5. The molecule has 0 aliphatic heterocycles. The molecule has 8 nitrogen and oxygen atoms in total. The lowest BCUT2D eigenvalue weighted by atomic mass is 9.77. The lowest BCUT2D eigenvalue weighted by Gasteiger charge is -2.32. The maximum atomic E-state index is 13.5. The molecule has 41 heavy (non-hydrogen) atoms. The van der Waals surface area contributed by atoms with E-state index in [1.807, 2.05) is 26.8 Å². The molecule has 1 aliphatic rings. The highest BCUT2D eigenvalue weighted by molar-refractivity contribution is 6.36. The normalized spacial score (nSPS) is 15.4. The number of aryl methyl sites for hydroxylation is 1. The Bertz CT molecular complexity index is 2030. The number of aromatic nitrogens is 3. The van der Waals surface area contributed by atoms with Gasteiger partial charge in [0.05, 0.1) is 38.3 Å². The fourth-order valence-electron chi connectivity index (χ4n) is 6.20. The molecule has 0 saturated heterocycles. The van der Waals surface area contributed by atoms with Gasteiger partial charge < -0.3 is 20.8 Å². The van der Waals surface area contributed by atoms with E-state index in [0.717, 1.165) is 27.6 Å². The van der Waals surface area contributed by atoms with E-state index in [4.69, 9.17) is 28.9 Å². The second kappa shape index (κ2) is 9.62. The Morgan fingerprint density at radius 1 is 1.07 bits per heavy atom. The number of carbonyl (C=O) groups is 1. The molecule has 0 spiro atoms. The summed E-state index contributed by atoms with van der Waals surface area (Å²) < 4.78 is 1.10. The Labute approximate surface area is 244 Å². The minimum Gasteiger partial charge on any atom is -0.390 e. The number of H-pyrrole nitrogens is 2. The molecule has 0 radical (unpaired) electrons. The largest absolute Gasteiger partial charge is 0.390 e. The second-order valence-corrected chi connectivity index (χ2v) is 12.1. The maximum Gasteiger partial charge on any atom is 0.333 e. The lowest BCUT2D eigenvalue weighted by Crippen LogP contribution is -2.35. The molecule has 0 saturated carbocycles. The Kier molecular flexibility index (Phi) is 6.41. The molecule has 0 fully saturated rings. The predicted octanol–water partition coefficient (Wildman–Crippen LogP) is 5.42. The quantitative estimate of drug-likeness (QED) is 0.222. The van der Waals surface area contributed by atoms with Crippen molar-refractivity contribution in [2.45, 2.75) is 45.6 Å². The molecule has 1 atom stereocenters. The molecule has 5 aromatic rings. The van der Waals surface area contributed by atoms with Crippen LogP contribution in [0.4, 0.5) is 0 Å². The molecule has 6 rings (SSSR count). The van der Waals surface area contributed by atoms with Crippen molar-refractivity contribution in [1.82, 2.24) is 14.5 Å². The minimum atomic E-state index is -0.864. The van der Waals surface area contributed by atoms with Gasteiger partial charge in [-0.1, -0.05) is 41.4 Å². The van der Waals surface area contributed by atoms with Gasteiger partial charge >= 0.3 is 5.69 Å². The number of hydrogen-bond acceptors (Lipinski definition) is 4. The molecule has 10 heteroatoms. The molecule has 2 aromatic heterocycles. The molecule has 1 amide bonds. The summed E-state index contributed by atoms with van der Waals surface area (Å²) in [6, 6.07) is 11.8. The molecule has 0 bridgehead atoms. The van der Waals surface area contributed by atoms with Crippen LogP contribution in [-0.2, 0) is 12.8 Å². The van der Waals surface area contributed by atoms with Crippen LogP contribution < -0.4 is 17.0 Å². The summed E-state index contributed by atoms with van der Waals surface area (Å²) >= 11 is 13.1. The number of fused-ring (bicyclic) bond motifs is 4. The number of nitrogens with zero attached hydrogens (tertiary/aromatic N) is 1. The Balaban J connectivity index is 1.63. The highest BCUT2D eigenvalue weighted by Gasteiger charge is 2.34. The van der Waals surface area contributed by atoms with Gasteiger partial charge in [-0.25, -0.2) is 9.36 Å². The van der Waals surface area contributed by atoms with E-state index < -0.39 is 22.8 Å². The van der Waals surface area contributed by atoms with Gasteiger partial charge in [-0.2, -0.15) is 0 Å². The zero-order valence-corrected chi connectivity index (χ0v) is 24.2. The number of amides is 1. The topological polar surface area (TPSA) is 134 Å². The van der Waals surface area contributed by atoms with Crippen molar-refractivity contribution in [2.75, 3.05) is 0 Å². The molecule has 210 valence electrons. The molecular weight excluding hydrogens is 563 g/mol. The van der Waals surface area contributed by atoms with Crippen molar-refractivity contribution in [3.8, 4) is 16.8 Å². The first-order chi connectivity index (χ1) is 19.4. The number of nitrogens with two attached hydrogens (primary N) is 1. The summed E-state index contributed by atoms with van der Waals surface area (Å²) in [5.74, 6) is -0.580. The van der Waals surface area contributed by atoms with Crippen LogP contribution in [0.2, 0.25) is 10.0 Å². The molecule has 1 unspecified atom stereocenters. The average molecular weight is 591 g/mol. The van der Waals surface area contributed by atoms with Crippen LogP contribution in [0.5, 0.6) is 0 Å². The first-order valence-corrected chi connectivity index (χ1v) is 14.1. The van der Waals surface area contributed by atoms with Crippen molar-refractivity contribution < 1.29 is 9.90 Å². The smallest absolute Gasteiger partial charge is 0.333 e. The van der Waals surface area contributed by atoms with Crippen LogP contribution in [0, 0.1) is 12.8 Å². The summed E-state index contributed by atoms with van der Waals surface area (Å²) in [5.41, 5.74) is 9.30.